The first-order valence-corrected chi connectivity index (χ1v) is 6.62. The third-order valence-electron chi connectivity index (χ3n) is 3.14. The van der Waals surface area contributed by atoms with Crippen LogP contribution in [-0.2, 0) is 13.0 Å². The summed E-state index contributed by atoms with van der Waals surface area (Å²) < 4.78 is 0. The maximum Gasteiger partial charge on any atom is 0.248 e. The lowest BCUT2D eigenvalue weighted by atomic mass is 10.1. The molecule has 0 atom stereocenters. The van der Waals surface area contributed by atoms with Gasteiger partial charge in [-0.3, -0.25) is 9.78 Å². The molecule has 0 radical (unpaired) electrons. The molecule has 0 spiro atoms. The summed E-state index contributed by atoms with van der Waals surface area (Å²) in [7, 11) is 2.06. The summed E-state index contributed by atoms with van der Waals surface area (Å²) in [5, 5.41) is 0. The molecule has 20 heavy (non-hydrogen) atoms. The highest BCUT2D eigenvalue weighted by molar-refractivity contribution is 5.92. The second kappa shape index (κ2) is 6.82. The molecule has 0 unspecified atom stereocenters. The number of pyridine rings is 1. The molecule has 0 bridgehead atoms. The number of rotatable bonds is 6. The topological polar surface area (TPSA) is 59.2 Å². The van der Waals surface area contributed by atoms with E-state index in [0.717, 1.165) is 30.8 Å². The third-order valence-corrected chi connectivity index (χ3v) is 3.14. The molecule has 4 heteroatoms. The first kappa shape index (κ1) is 14.2. The standard InChI is InChI=1S/C16H19N3O/c1-19(10-8-15-7-2-3-9-18-15)12-13-5-4-6-14(11-13)16(17)20/h2-7,9,11H,8,10,12H2,1H3,(H2,17,20). The fraction of sp³-hybridized carbons (Fsp3) is 0.250. The van der Waals surface area contributed by atoms with Gasteiger partial charge in [-0.05, 0) is 36.9 Å². The summed E-state index contributed by atoms with van der Waals surface area (Å²) in [5.74, 6) is -0.386. The van der Waals surface area contributed by atoms with Gasteiger partial charge in [0.25, 0.3) is 0 Å². The molecule has 1 aromatic carbocycles. The van der Waals surface area contributed by atoms with Crippen LogP contribution in [0.25, 0.3) is 0 Å². The van der Waals surface area contributed by atoms with Gasteiger partial charge in [0, 0.05) is 37.0 Å². The SMILES string of the molecule is CN(CCc1ccccn1)Cc1cccc(C(N)=O)c1. The lowest BCUT2D eigenvalue weighted by Gasteiger charge is -2.16. The fourth-order valence-electron chi connectivity index (χ4n) is 2.07. The average Bonchev–Trinajstić information content (AvgIpc) is 2.46. The minimum atomic E-state index is -0.386. The predicted molar refractivity (Wildman–Crippen MR) is 79.2 cm³/mol. The van der Waals surface area contributed by atoms with Crippen LogP contribution in [0, 0.1) is 0 Å². The lowest BCUT2D eigenvalue weighted by Crippen LogP contribution is -2.21. The number of primary amides is 1. The van der Waals surface area contributed by atoms with Gasteiger partial charge in [0.15, 0.2) is 0 Å². The highest BCUT2D eigenvalue weighted by Gasteiger charge is 2.04. The van der Waals surface area contributed by atoms with Crippen molar-refractivity contribution in [3.05, 3.63) is 65.5 Å². The van der Waals surface area contributed by atoms with Gasteiger partial charge in [0.05, 0.1) is 0 Å². The number of carbonyl (C=O) groups is 1. The molecule has 1 heterocycles. The summed E-state index contributed by atoms with van der Waals surface area (Å²) in [6, 6.07) is 13.4. The van der Waals surface area contributed by atoms with Crippen molar-refractivity contribution >= 4 is 5.91 Å². The van der Waals surface area contributed by atoms with E-state index in [1.165, 1.54) is 0 Å². The number of hydrogen-bond acceptors (Lipinski definition) is 3. The second-order valence-electron chi connectivity index (χ2n) is 4.87. The van der Waals surface area contributed by atoms with Gasteiger partial charge in [-0.15, -0.1) is 0 Å². The maximum atomic E-state index is 11.2. The van der Waals surface area contributed by atoms with Crippen molar-refractivity contribution in [3.8, 4) is 0 Å². The Labute approximate surface area is 119 Å². The zero-order valence-corrected chi connectivity index (χ0v) is 11.6. The Kier molecular flexibility index (Phi) is 4.85. The van der Waals surface area contributed by atoms with Crippen molar-refractivity contribution in [2.24, 2.45) is 5.73 Å². The Morgan fingerprint density at radius 2 is 2.10 bits per heavy atom. The van der Waals surface area contributed by atoms with Gasteiger partial charge in [-0.25, -0.2) is 0 Å². The minimum absolute atomic E-state index is 0.386. The van der Waals surface area contributed by atoms with Crippen LogP contribution in [0.2, 0.25) is 0 Å². The van der Waals surface area contributed by atoms with Crippen LogP contribution in [0.15, 0.2) is 48.7 Å². The summed E-state index contributed by atoms with van der Waals surface area (Å²) in [6.45, 7) is 1.70. The van der Waals surface area contributed by atoms with E-state index in [9.17, 15) is 4.79 Å². The van der Waals surface area contributed by atoms with E-state index in [1.807, 2.05) is 42.6 Å². The normalized spacial score (nSPS) is 10.7. The zero-order valence-electron chi connectivity index (χ0n) is 11.6. The van der Waals surface area contributed by atoms with Gasteiger partial charge < -0.3 is 10.6 Å². The third kappa shape index (κ3) is 4.17. The van der Waals surface area contributed by atoms with Crippen molar-refractivity contribution in [2.45, 2.75) is 13.0 Å². The molecule has 0 fully saturated rings. The van der Waals surface area contributed by atoms with E-state index in [-0.39, 0.29) is 5.91 Å². The van der Waals surface area contributed by atoms with Crippen molar-refractivity contribution in [1.82, 2.24) is 9.88 Å². The summed E-state index contributed by atoms with van der Waals surface area (Å²) in [4.78, 5) is 17.7. The van der Waals surface area contributed by atoms with E-state index in [0.29, 0.717) is 5.56 Å². The smallest absolute Gasteiger partial charge is 0.248 e. The quantitative estimate of drug-likeness (QED) is 0.870. The Hall–Kier alpha value is -2.20. The van der Waals surface area contributed by atoms with Crippen molar-refractivity contribution in [1.29, 1.82) is 0 Å². The van der Waals surface area contributed by atoms with Gasteiger partial charge in [0.2, 0.25) is 5.91 Å². The van der Waals surface area contributed by atoms with Crippen LogP contribution in [0.3, 0.4) is 0 Å². The van der Waals surface area contributed by atoms with Crippen LogP contribution in [0.5, 0.6) is 0 Å². The predicted octanol–water partition coefficient (Wildman–Crippen LogP) is 1.85. The highest BCUT2D eigenvalue weighted by Crippen LogP contribution is 2.08. The Morgan fingerprint density at radius 3 is 2.80 bits per heavy atom. The highest BCUT2D eigenvalue weighted by atomic mass is 16.1. The Balaban J connectivity index is 1.89. The van der Waals surface area contributed by atoms with E-state index in [1.54, 1.807) is 6.07 Å². The molecule has 0 saturated carbocycles. The molecular formula is C16H19N3O. The van der Waals surface area contributed by atoms with E-state index < -0.39 is 0 Å². The maximum absolute atomic E-state index is 11.2. The van der Waals surface area contributed by atoms with Crippen LogP contribution < -0.4 is 5.73 Å². The van der Waals surface area contributed by atoms with Crippen LogP contribution in [0.4, 0.5) is 0 Å². The summed E-state index contributed by atoms with van der Waals surface area (Å²) in [6.07, 6.45) is 2.72. The number of likely N-dealkylation sites (N-methyl/N-ethyl adjacent to an activating group) is 1. The Morgan fingerprint density at radius 1 is 1.25 bits per heavy atom. The number of hydrogen-bond donors (Lipinski definition) is 1. The number of amides is 1. The van der Waals surface area contributed by atoms with Gasteiger partial charge in [-0.1, -0.05) is 18.2 Å². The molecule has 104 valence electrons. The molecule has 2 aromatic rings. The average molecular weight is 269 g/mol. The first-order chi connectivity index (χ1) is 9.65. The van der Waals surface area contributed by atoms with Crippen molar-refractivity contribution in [2.75, 3.05) is 13.6 Å². The first-order valence-electron chi connectivity index (χ1n) is 6.62. The molecule has 0 aliphatic heterocycles. The number of nitrogens with two attached hydrogens (primary N) is 1. The van der Waals surface area contributed by atoms with Crippen molar-refractivity contribution < 1.29 is 4.79 Å². The van der Waals surface area contributed by atoms with Crippen LogP contribution >= 0.6 is 0 Å². The van der Waals surface area contributed by atoms with Crippen LogP contribution in [0.1, 0.15) is 21.6 Å². The molecule has 4 nitrogen and oxygen atoms in total. The van der Waals surface area contributed by atoms with Gasteiger partial charge in [0.1, 0.15) is 0 Å². The number of aromatic nitrogens is 1. The monoisotopic (exact) mass is 269 g/mol. The lowest BCUT2D eigenvalue weighted by molar-refractivity contribution is 0.1000. The molecule has 2 N–H and O–H groups in total. The number of carbonyl (C=O) groups excluding carboxylic acids is 1. The van der Waals surface area contributed by atoms with Crippen LogP contribution in [-0.4, -0.2) is 29.4 Å². The largest absolute Gasteiger partial charge is 0.366 e. The molecule has 1 amide bonds. The summed E-state index contributed by atoms with van der Waals surface area (Å²) in [5.41, 5.74) is 8.02. The molecule has 0 saturated heterocycles. The minimum Gasteiger partial charge on any atom is -0.366 e. The van der Waals surface area contributed by atoms with Crippen molar-refractivity contribution in [3.63, 3.8) is 0 Å². The zero-order chi connectivity index (χ0) is 14.4. The fourth-order valence-corrected chi connectivity index (χ4v) is 2.07. The molecule has 0 aliphatic carbocycles. The second-order valence-corrected chi connectivity index (χ2v) is 4.87. The Bertz CT molecular complexity index is 569. The number of benzene rings is 1. The van der Waals surface area contributed by atoms with E-state index >= 15 is 0 Å². The number of nitrogens with zero attached hydrogens (tertiary/aromatic N) is 2. The van der Waals surface area contributed by atoms with E-state index in [2.05, 4.69) is 16.9 Å². The van der Waals surface area contributed by atoms with E-state index in [4.69, 9.17) is 5.73 Å². The molecule has 0 aliphatic rings. The van der Waals surface area contributed by atoms with Gasteiger partial charge in [-0.2, -0.15) is 0 Å². The molecule has 1 aromatic heterocycles. The van der Waals surface area contributed by atoms with Gasteiger partial charge >= 0.3 is 0 Å². The summed E-state index contributed by atoms with van der Waals surface area (Å²) >= 11 is 0. The molecular weight excluding hydrogens is 250 g/mol. The molecule has 2 rings (SSSR count).